The molecule has 114 valence electrons. The van der Waals surface area contributed by atoms with E-state index in [2.05, 4.69) is 11.9 Å². The normalized spacial score (nSPS) is 13.1. The first-order valence-corrected chi connectivity index (χ1v) is 9.49. The van der Waals surface area contributed by atoms with Crippen LogP contribution < -0.4 is 5.32 Å². The van der Waals surface area contributed by atoms with Gasteiger partial charge in [0.2, 0.25) is 0 Å². The van der Waals surface area contributed by atoms with Gasteiger partial charge in [-0.05, 0) is 37.3 Å². The summed E-state index contributed by atoms with van der Waals surface area (Å²) in [6.45, 7) is 5.24. The second kappa shape index (κ2) is 7.29. The fraction of sp³-hybridized carbons (Fsp3) is 0.0625. The first kappa shape index (κ1) is 16.3. The second-order valence-electron chi connectivity index (χ2n) is 4.61. The van der Waals surface area contributed by atoms with Gasteiger partial charge in [-0.25, -0.2) is 0 Å². The molecule has 2 aromatic rings. The maximum Gasteiger partial charge on any atom is 0.250 e. The summed E-state index contributed by atoms with van der Waals surface area (Å²) >= 11 is 0. The van der Waals surface area contributed by atoms with Crippen molar-refractivity contribution in [3.8, 4) is 0 Å². The molecular weight excluding hydrogens is 314 g/mol. The highest BCUT2D eigenvalue weighted by atomic mass is 33.1. The Kier molecular flexibility index (Phi) is 5.41. The van der Waals surface area contributed by atoms with Crippen LogP contribution in [0.15, 0.2) is 76.5 Å². The van der Waals surface area contributed by atoms with Crippen molar-refractivity contribution in [1.82, 2.24) is 0 Å². The maximum absolute atomic E-state index is 11.7. The van der Waals surface area contributed by atoms with E-state index in [0.29, 0.717) is 11.3 Å². The SMILES string of the molecule is C=C(C)C(=O)Nc1cccc(S(=N)S(=N)c2ccccc2)c1. The minimum Gasteiger partial charge on any atom is -0.322 e. The van der Waals surface area contributed by atoms with Crippen molar-refractivity contribution >= 4 is 31.0 Å². The van der Waals surface area contributed by atoms with Gasteiger partial charge < -0.3 is 5.32 Å². The van der Waals surface area contributed by atoms with E-state index in [-0.39, 0.29) is 5.91 Å². The summed E-state index contributed by atoms with van der Waals surface area (Å²) in [6, 6.07) is 16.5. The molecular formula is C16H17N3OS2. The lowest BCUT2D eigenvalue weighted by Gasteiger charge is -2.11. The molecule has 0 aliphatic heterocycles. The summed E-state index contributed by atoms with van der Waals surface area (Å²) in [5.74, 6) is -0.241. The number of anilines is 1. The van der Waals surface area contributed by atoms with Crippen molar-refractivity contribution < 1.29 is 4.79 Å². The molecule has 0 radical (unpaired) electrons. The van der Waals surface area contributed by atoms with Gasteiger partial charge in [0.05, 0.1) is 0 Å². The third kappa shape index (κ3) is 3.99. The van der Waals surface area contributed by atoms with Crippen LogP contribution in [0.4, 0.5) is 5.69 Å². The highest BCUT2D eigenvalue weighted by molar-refractivity contribution is 8.61. The third-order valence-corrected chi connectivity index (χ3v) is 6.69. The first-order chi connectivity index (χ1) is 10.5. The Labute approximate surface area is 134 Å². The Balaban J connectivity index is 2.22. The van der Waals surface area contributed by atoms with Crippen molar-refractivity contribution in [1.29, 1.82) is 9.56 Å². The quantitative estimate of drug-likeness (QED) is 0.554. The van der Waals surface area contributed by atoms with Crippen LogP contribution >= 0.6 is 0 Å². The van der Waals surface area contributed by atoms with Crippen LogP contribution in [0, 0.1) is 9.56 Å². The predicted molar refractivity (Wildman–Crippen MR) is 93.0 cm³/mol. The van der Waals surface area contributed by atoms with Crippen LogP contribution in [0.3, 0.4) is 0 Å². The number of rotatable bonds is 5. The van der Waals surface area contributed by atoms with Gasteiger partial charge in [0.25, 0.3) is 5.91 Å². The number of hydrogen-bond donors (Lipinski definition) is 3. The van der Waals surface area contributed by atoms with Crippen molar-refractivity contribution in [2.24, 2.45) is 0 Å². The molecule has 22 heavy (non-hydrogen) atoms. The highest BCUT2D eigenvalue weighted by Gasteiger charge is 2.09. The molecule has 4 nitrogen and oxygen atoms in total. The van der Waals surface area contributed by atoms with Crippen LogP contribution in [0.2, 0.25) is 0 Å². The number of carbonyl (C=O) groups excluding carboxylic acids is 1. The fourth-order valence-corrected chi connectivity index (χ4v) is 4.69. The molecule has 0 saturated heterocycles. The maximum atomic E-state index is 11.7. The van der Waals surface area contributed by atoms with E-state index < -0.39 is 19.4 Å². The van der Waals surface area contributed by atoms with Crippen molar-refractivity contribution in [3.63, 3.8) is 0 Å². The zero-order valence-electron chi connectivity index (χ0n) is 12.1. The van der Waals surface area contributed by atoms with Gasteiger partial charge in [0, 0.05) is 40.5 Å². The van der Waals surface area contributed by atoms with E-state index in [0.717, 1.165) is 9.79 Å². The Bertz CT molecular complexity index is 757. The number of benzene rings is 2. The van der Waals surface area contributed by atoms with Crippen LogP contribution in [0.25, 0.3) is 0 Å². The molecule has 3 N–H and O–H groups in total. The third-order valence-electron chi connectivity index (χ3n) is 2.82. The molecule has 0 spiro atoms. The van der Waals surface area contributed by atoms with Crippen LogP contribution in [-0.4, -0.2) is 5.91 Å². The smallest absolute Gasteiger partial charge is 0.250 e. The first-order valence-electron chi connectivity index (χ1n) is 6.52. The summed E-state index contributed by atoms with van der Waals surface area (Å²) in [4.78, 5) is 13.2. The Morgan fingerprint density at radius 1 is 1.00 bits per heavy atom. The summed E-state index contributed by atoms with van der Waals surface area (Å²) in [5.41, 5.74) is 1.06. The van der Waals surface area contributed by atoms with Gasteiger partial charge in [-0.3, -0.25) is 14.4 Å². The molecule has 0 aliphatic carbocycles. The number of amides is 1. The van der Waals surface area contributed by atoms with Crippen molar-refractivity contribution in [2.75, 3.05) is 5.32 Å². The van der Waals surface area contributed by atoms with E-state index in [4.69, 9.17) is 9.56 Å². The van der Waals surface area contributed by atoms with E-state index in [1.807, 2.05) is 36.4 Å². The largest absolute Gasteiger partial charge is 0.322 e. The van der Waals surface area contributed by atoms with Crippen molar-refractivity contribution in [2.45, 2.75) is 16.7 Å². The standard InChI is InChI=1S/C16H17N3OS2/c1-12(2)16(20)19-13-7-6-10-15(11-13)22(18)21(17)14-8-4-3-5-9-14/h3-11,17-18H,1H2,2H3,(H,19,20). The number of hydrogen-bond acceptors (Lipinski definition) is 3. The summed E-state index contributed by atoms with van der Waals surface area (Å²) in [7, 11) is -1.94. The van der Waals surface area contributed by atoms with Gasteiger partial charge in [-0.1, -0.05) is 30.8 Å². The molecule has 0 heterocycles. The molecule has 1 amide bonds. The average molecular weight is 331 g/mol. The average Bonchev–Trinajstić information content (AvgIpc) is 2.54. The summed E-state index contributed by atoms with van der Waals surface area (Å²) in [5, 5.41) is 2.74. The van der Waals surface area contributed by atoms with E-state index in [1.165, 1.54) is 0 Å². The zero-order chi connectivity index (χ0) is 16.1. The van der Waals surface area contributed by atoms with Crippen molar-refractivity contribution in [3.05, 3.63) is 66.7 Å². The molecule has 0 bridgehead atoms. The lowest BCUT2D eigenvalue weighted by molar-refractivity contribution is -0.112. The minimum atomic E-state index is -0.994. The van der Waals surface area contributed by atoms with Gasteiger partial charge in [0.15, 0.2) is 0 Å². The van der Waals surface area contributed by atoms with Crippen LogP contribution in [-0.2, 0) is 24.2 Å². The Morgan fingerprint density at radius 3 is 2.23 bits per heavy atom. The van der Waals surface area contributed by atoms with Gasteiger partial charge >= 0.3 is 0 Å². The Morgan fingerprint density at radius 2 is 1.59 bits per heavy atom. The summed E-state index contributed by atoms with van der Waals surface area (Å²) < 4.78 is 16.6. The lowest BCUT2D eigenvalue weighted by atomic mass is 10.3. The molecule has 0 fully saturated rings. The number of carbonyl (C=O) groups is 1. The lowest BCUT2D eigenvalue weighted by Crippen LogP contribution is -2.12. The molecule has 0 aliphatic rings. The topological polar surface area (TPSA) is 76.8 Å². The van der Waals surface area contributed by atoms with E-state index in [9.17, 15) is 4.79 Å². The summed E-state index contributed by atoms with van der Waals surface area (Å²) in [6.07, 6.45) is 0. The van der Waals surface area contributed by atoms with Crippen LogP contribution in [0.5, 0.6) is 0 Å². The van der Waals surface area contributed by atoms with Crippen LogP contribution in [0.1, 0.15) is 6.92 Å². The second-order valence-corrected chi connectivity index (χ2v) is 8.63. The minimum absolute atomic E-state index is 0.241. The molecule has 2 rings (SSSR count). The molecule has 2 unspecified atom stereocenters. The van der Waals surface area contributed by atoms with Gasteiger partial charge in [-0.2, -0.15) is 0 Å². The molecule has 2 aromatic carbocycles. The monoisotopic (exact) mass is 331 g/mol. The molecule has 2 atom stereocenters. The molecule has 0 saturated carbocycles. The highest BCUT2D eigenvalue weighted by Crippen LogP contribution is 2.21. The fourth-order valence-electron chi connectivity index (χ4n) is 1.66. The zero-order valence-corrected chi connectivity index (χ0v) is 13.8. The number of nitrogens with one attached hydrogen (secondary N) is 3. The predicted octanol–water partition coefficient (Wildman–Crippen LogP) is 4.30. The van der Waals surface area contributed by atoms with Gasteiger partial charge in [-0.15, -0.1) is 0 Å². The molecule has 6 heteroatoms. The van der Waals surface area contributed by atoms with E-state index in [1.54, 1.807) is 25.1 Å². The van der Waals surface area contributed by atoms with E-state index >= 15 is 0 Å². The Hall–Kier alpha value is -2.05. The molecule has 0 aromatic heterocycles. The van der Waals surface area contributed by atoms with Gasteiger partial charge in [0.1, 0.15) is 0 Å².